The van der Waals surface area contributed by atoms with E-state index in [0.29, 0.717) is 32.3 Å². The van der Waals surface area contributed by atoms with E-state index < -0.39 is 17.7 Å². The first kappa shape index (κ1) is 21.3. The maximum absolute atomic E-state index is 14.7. The van der Waals surface area contributed by atoms with E-state index in [1.165, 1.54) is 30.1 Å². The standard InChI is InChI=1S/C21H16BrFN4O3S/c1-9-13(8-26-21(24)27-9)10(2)30-14-6-11(16(22)17(23)19(14)29)7-15-18(28)12-4-3-5-25-20(12)31-15/h3-8,10,29H,1-2H3,(H2,24,26,27)/b15-7-. The molecule has 0 bridgehead atoms. The van der Waals surface area contributed by atoms with Crippen LogP contribution in [0, 0.1) is 12.7 Å². The summed E-state index contributed by atoms with van der Waals surface area (Å²) in [6, 6.07) is 4.84. The van der Waals surface area contributed by atoms with Gasteiger partial charge in [0.1, 0.15) is 11.1 Å². The number of pyridine rings is 1. The number of aryl methyl sites for hydroxylation is 1. The van der Waals surface area contributed by atoms with E-state index in [9.17, 15) is 14.3 Å². The van der Waals surface area contributed by atoms with Gasteiger partial charge in [-0.15, -0.1) is 0 Å². The van der Waals surface area contributed by atoms with Crippen molar-refractivity contribution in [3.8, 4) is 11.5 Å². The van der Waals surface area contributed by atoms with Crippen LogP contribution in [0.4, 0.5) is 10.3 Å². The van der Waals surface area contributed by atoms with Crippen molar-refractivity contribution >= 4 is 45.5 Å². The number of nitrogens with two attached hydrogens (primary N) is 1. The number of phenolic OH excluding ortho intramolecular Hbond substituents is 1. The number of nitrogens with zero attached hydrogens (tertiary/aromatic N) is 3. The summed E-state index contributed by atoms with van der Waals surface area (Å²) < 4.78 is 20.6. The van der Waals surface area contributed by atoms with Gasteiger partial charge in [-0.2, -0.15) is 0 Å². The van der Waals surface area contributed by atoms with E-state index in [1.807, 2.05) is 0 Å². The zero-order valence-electron chi connectivity index (χ0n) is 16.4. The second-order valence-corrected chi connectivity index (χ2v) is 8.59. The van der Waals surface area contributed by atoms with Crippen LogP contribution >= 0.6 is 27.7 Å². The third-order valence-corrected chi connectivity index (χ3v) is 6.53. The minimum Gasteiger partial charge on any atom is -0.502 e. The van der Waals surface area contributed by atoms with Crippen molar-refractivity contribution in [3.63, 3.8) is 0 Å². The quantitative estimate of drug-likeness (QED) is 0.487. The van der Waals surface area contributed by atoms with Crippen LogP contribution in [0.5, 0.6) is 11.5 Å². The summed E-state index contributed by atoms with van der Waals surface area (Å²) in [7, 11) is 0. The molecule has 0 aliphatic carbocycles. The minimum absolute atomic E-state index is 0.0156. The van der Waals surface area contributed by atoms with Gasteiger partial charge >= 0.3 is 0 Å². The Morgan fingerprint density at radius 1 is 1.39 bits per heavy atom. The lowest BCUT2D eigenvalue weighted by Gasteiger charge is -2.18. The normalized spacial score (nSPS) is 15.2. The number of hydrogen-bond donors (Lipinski definition) is 2. The number of ketones is 1. The summed E-state index contributed by atoms with van der Waals surface area (Å²) in [5, 5.41) is 10.9. The van der Waals surface area contributed by atoms with Crippen molar-refractivity contribution in [1.82, 2.24) is 15.0 Å². The number of hydrogen-bond acceptors (Lipinski definition) is 8. The molecule has 1 aliphatic rings. The molecule has 0 saturated heterocycles. The van der Waals surface area contributed by atoms with E-state index in [2.05, 4.69) is 30.9 Å². The molecular formula is C21H16BrFN4O3S. The van der Waals surface area contributed by atoms with E-state index >= 15 is 0 Å². The van der Waals surface area contributed by atoms with Crippen molar-refractivity contribution in [3.05, 3.63) is 68.2 Å². The van der Waals surface area contributed by atoms with Gasteiger partial charge in [0.15, 0.2) is 17.3 Å². The lowest BCUT2D eigenvalue weighted by molar-refractivity contribution is 0.104. The van der Waals surface area contributed by atoms with Gasteiger partial charge in [0.05, 0.1) is 14.9 Å². The molecule has 4 rings (SSSR count). The molecule has 1 unspecified atom stereocenters. The molecule has 31 heavy (non-hydrogen) atoms. The van der Waals surface area contributed by atoms with Crippen molar-refractivity contribution in [2.24, 2.45) is 0 Å². The number of carbonyl (C=O) groups excluding carboxylic acids is 1. The van der Waals surface area contributed by atoms with Crippen LogP contribution in [0.3, 0.4) is 0 Å². The molecular weight excluding hydrogens is 487 g/mol. The maximum Gasteiger partial charge on any atom is 0.220 e. The van der Waals surface area contributed by atoms with Crippen molar-refractivity contribution in [2.75, 3.05) is 5.73 Å². The fourth-order valence-corrected chi connectivity index (χ4v) is 4.52. The topological polar surface area (TPSA) is 111 Å². The van der Waals surface area contributed by atoms with Crippen molar-refractivity contribution in [2.45, 2.75) is 25.0 Å². The maximum atomic E-state index is 14.7. The number of rotatable bonds is 4. The summed E-state index contributed by atoms with van der Waals surface area (Å²) in [6.45, 7) is 3.47. The van der Waals surface area contributed by atoms with Gasteiger partial charge in [-0.25, -0.2) is 19.3 Å². The number of Topliss-reactive ketones (excluding diaryl/α,β-unsaturated/α-hetero) is 1. The molecule has 10 heteroatoms. The predicted molar refractivity (Wildman–Crippen MR) is 118 cm³/mol. The number of carbonyl (C=O) groups is 1. The molecule has 3 aromatic rings. The van der Waals surface area contributed by atoms with Crippen LogP contribution < -0.4 is 10.5 Å². The molecule has 0 fully saturated rings. The van der Waals surface area contributed by atoms with Crippen LogP contribution in [0.1, 0.15) is 40.2 Å². The van der Waals surface area contributed by atoms with Crippen LogP contribution in [0.25, 0.3) is 6.08 Å². The van der Waals surface area contributed by atoms with Crippen LogP contribution in [0.15, 0.2) is 45.0 Å². The Morgan fingerprint density at radius 3 is 2.87 bits per heavy atom. The first-order valence-corrected chi connectivity index (χ1v) is 10.7. The molecule has 3 heterocycles. The van der Waals surface area contributed by atoms with Gasteiger partial charge in [-0.1, -0.05) is 11.8 Å². The predicted octanol–water partition coefficient (Wildman–Crippen LogP) is 4.84. The van der Waals surface area contributed by atoms with Crippen molar-refractivity contribution < 1.29 is 19.0 Å². The number of allylic oxidation sites excluding steroid dienone is 1. The summed E-state index contributed by atoms with van der Waals surface area (Å²) in [6.07, 6.45) is 4.07. The van der Waals surface area contributed by atoms with Crippen LogP contribution in [0.2, 0.25) is 0 Å². The van der Waals surface area contributed by atoms with Gasteiger partial charge in [0.2, 0.25) is 11.7 Å². The Balaban J connectivity index is 1.69. The highest BCUT2D eigenvalue weighted by atomic mass is 79.9. The summed E-state index contributed by atoms with van der Waals surface area (Å²) in [5.74, 6) is -1.69. The molecule has 2 aromatic heterocycles. The Kier molecular flexibility index (Phi) is 5.67. The summed E-state index contributed by atoms with van der Waals surface area (Å²) in [4.78, 5) is 25.3. The highest BCUT2D eigenvalue weighted by Crippen LogP contribution is 2.43. The Hall–Kier alpha value is -2.98. The van der Waals surface area contributed by atoms with Gasteiger partial charge in [0.25, 0.3) is 0 Å². The van der Waals surface area contributed by atoms with Gasteiger partial charge < -0.3 is 15.6 Å². The number of ether oxygens (including phenoxy) is 1. The number of thioether (sulfide) groups is 1. The molecule has 7 nitrogen and oxygen atoms in total. The summed E-state index contributed by atoms with van der Waals surface area (Å²) >= 11 is 4.36. The monoisotopic (exact) mass is 502 g/mol. The molecule has 1 aromatic carbocycles. The number of aromatic nitrogens is 3. The SMILES string of the molecule is Cc1nc(N)ncc1C(C)Oc1cc(/C=C2\Sc3ncccc3C2=O)c(Br)c(F)c1O. The fourth-order valence-electron chi connectivity index (χ4n) is 3.12. The van der Waals surface area contributed by atoms with E-state index in [-0.39, 0.29) is 22.0 Å². The lowest BCUT2D eigenvalue weighted by atomic mass is 10.1. The van der Waals surface area contributed by atoms with E-state index in [0.717, 1.165) is 0 Å². The zero-order chi connectivity index (χ0) is 22.3. The zero-order valence-corrected chi connectivity index (χ0v) is 18.8. The van der Waals surface area contributed by atoms with E-state index in [1.54, 1.807) is 32.2 Å². The number of phenols is 1. The average molecular weight is 503 g/mol. The first-order valence-electron chi connectivity index (χ1n) is 9.12. The molecule has 1 aliphatic heterocycles. The number of anilines is 1. The summed E-state index contributed by atoms with van der Waals surface area (Å²) in [5.41, 5.74) is 7.67. The molecule has 0 radical (unpaired) electrons. The fraction of sp³-hybridized carbons (Fsp3) is 0.143. The molecule has 1 atom stereocenters. The van der Waals surface area contributed by atoms with Crippen molar-refractivity contribution in [1.29, 1.82) is 0 Å². The highest BCUT2D eigenvalue weighted by Gasteiger charge is 2.28. The largest absolute Gasteiger partial charge is 0.502 e. The minimum atomic E-state index is -0.895. The second-order valence-electron chi connectivity index (χ2n) is 6.77. The van der Waals surface area contributed by atoms with Gasteiger partial charge in [-0.05, 0) is 59.6 Å². The number of halogens is 2. The Bertz CT molecular complexity index is 1250. The number of benzene rings is 1. The molecule has 3 N–H and O–H groups in total. The average Bonchev–Trinajstić information content (AvgIpc) is 3.05. The molecule has 0 amide bonds. The molecule has 0 saturated carbocycles. The third kappa shape index (κ3) is 4.00. The van der Waals surface area contributed by atoms with E-state index in [4.69, 9.17) is 10.5 Å². The second kappa shape index (κ2) is 8.27. The highest BCUT2D eigenvalue weighted by molar-refractivity contribution is 9.10. The Morgan fingerprint density at radius 2 is 2.16 bits per heavy atom. The molecule has 158 valence electrons. The first-order chi connectivity index (χ1) is 14.8. The van der Waals surface area contributed by atoms with Crippen LogP contribution in [-0.4, -0.2) is 25.8 Å². The third-order valence-electron chi connectivity index (χ3n) is 4.68. The number of nitrogen functional groups attached to an aromatic ring is 1. The number of fused-ring (bicyclic) bond motifs is 1. The van der Waals surface area contributed by atoms with Gasteiger partial charge in [-0.3, -0.25) is 4.79 Å². The van der Waals surface area contributed by atoms with Crippen LogP contribution in [-0.2, 0) is 0 Å². The van der Waals surface area contributed by atoms with Gasteiger partial charge in [0, 0.05) is 23.7 Å². The Labute approximate surface area is 189 Å². The molecule has 0 spiro atoms. The smallest absolute Gasteiger partial charge is 0.220 e. The lowest BCUT2D eigenvalue weighted by Crippen LogP contribution is -2.09. The number of aromatic hydroxyl groups is 1.